The number of anilines is 1. The number of benzene rings is 2. The zero-order valence-corrected chi connectivity index (χ0v) is 13.2. The lowest BCUT2D eigenvalue weighted by Gasteiger charge is -2.05. The molecule has 0 spiro atoms. The number of hydrogen-bond donors (Lipinski definition) is 3. The van der Waals surface area contributed by atoms with Gasteiger partial charge in [0.2, 0.25) is 5.91 Å². The van der Waals surface area contributed by atoms with Gasteiger partial charge in [-0.15, -0.1) is 0 Å². The van der Waals surface area contributed by atoms with E-state index in [1.807, 2.05) is 0 Å². The van der Waals surface area contributed by atoms with Gasteiger partial charge >= 0.3 is 0 Å². The Labute approximate surface area is 139 Å². The van der Waals surface area contributed by atoms with E-state index in [0.29, 0.717) is 22.6 Å². The molecular weight excluding hydrogens is 310 g/mol. The largest absolute Gasteiger partial charge is 0.507 e. The lowest BCUT2D eigenvalue weighted by atomic mass is 10.2. The highest BCUT2D eigenvalue weighted by Gasteiger charge is 2.06. The number of ether oxygens (including phenoxy) is 1. The molecule has 2 amide bonds. The molecule has 0 saturated heterocycles. The Morgan fingerprint density at radius 3 is 2.71 bits per heavy atom. The topological polar surface area (TPSA) is 100 Å². The fraction of sp³-hybridized carbons (Fsp3) is 0.118. The molecule has 2 aromatic carbocycles. The smallest absolute Gasteiger partial charge is 0.271 e. The summed E-state index contributed by atoms with van der Waals surface area (Å²) >= 11 is 0. The Kier molecular flexibility index (Phi) is 5.51. The number of carbonyl (C=O) groups is 2. The second-order valence-electron chi connectivity index (χ2n) is 4.89. The molecule has 24 heavy (non-hydrogen) atoms. The van der Waals surface area contributed by atoms with Crippen LogP contribution in [0.1, 0.15) is 22.8 Å². The van der Waals surface area contributed by atoms with Crippen LogP contribution in [0.5, 0.6) is 11.5 Å². The first-order chi connectivity index (χ1) is 11.5. The van der Waals surface area contributed by atoms with E-state index in [-0.39, 0.29) is 11.7 Å². The van der Waals surface area contributed by atoms with Crippen LogP contribution >= 0.6 is 0 Å². The molecule has 0 atom stereocenters. The average molecular weight is 327 g/mol. The van der Waals surface area contributed by atoms with Crippen molar-refractivity contribution < 1.29 is 19.4 Å². The summed E-state index contributed by atoms with van der Waals surface area (Å²) in [5.74, 6) is -0.0926. The maximum Gasteiger partial charge on any atom is 0.271 e. The molecule has 3 N–H and O–H groups in total. The van der Waals surface area contributed by atoms with Gasteiger partial charge in [-0.05, 0) is 36.4 Å². The minimum atomic E-state index is -0.444. The highest BCUT2D eigenvalue weighted by atomic mass is 16.5. The summed E-state index contributed by atoms with van der Waals surface area (Å²) in [6, 6.07) is 11.1. The molecule has 2 aromatic rings. The maximum absolute atomic E-state index is 12.1. The first-order valence-electron chi connectivity index (χ1n) is 7.07. The van der Waals surface area contributed by atoms with Crippen LogP contribution < -0.4 is 15.5 Å². The average Bonchev–Trinajstić information content (AvgIpc) is 2.56. The van der Waals surface area contributed by atoms with Crippen molar-refractivity contribution in [3.8, 4) is 11.5 Å². The van der Waals surface area contributed by atoms with Gasteiger partial charge in [0.25, 0.3) is 5.91 Å². The molecule has 0 heterocycles. The number of carbonyl (C=O) groups excluding carboxylic acids is 2. The number of nitrogens with one attached hydrogen (secondary N) is 2. The fourth-order valence-electron chi connectivity index (χ4n) is 1.93. The van der Waals surface area contributed by atoms with Crippen LogP contribution in [0.3, 0.4) is 0 Å². The monoisotopic (exact) mass is 327 g/mol. The van der Waals surface area contributed by atoms with E-state index in [2.05, 4.69) is 15.8 Å². The molecule has 0 aliphatic rings. The van der Waals surface area contributed by atoms with Gasteiger partial charge < -0.3 is 15.2 Å². The SMILES string of the molecule is COc1ccc(O)c(C=NNC(=O)c2cccc(NC(C)=O)c2)c1. The lowest BCUT2D eigenvalue weighted by Crippen LogP contribution is -2.18. The molecule has 0 aliphatic heterocycles. The van der Waals surface area contributed by atoms with Crippen molar-refractivity contribution in [2.45, 2.75) is 6.92 Å². The summed E-state index contributed by atoms with van der Waals surface area (Å²) in [4.78, 5) is 23.1. The van der Waals surface area contributed by atoms with Gasteiger partial charge in [0.15, 0.2) is 0 Å². The van der Waals surface area contributed by atoms with Crippen LogP contribution in [0.4, 0.5) is 5.69 Å². The molecule has 0 aliphatic carbocycles. The van der Waals surface area contributed by atoms with E-state index in [1.165, 1.54) is 32.4 Å². The zero-order chi connectivity index (χ0) is 17.5. The first-order valence-corrected chi connectivity index (χ1v) is 7.07. The quantitative estimate of drug-likeness (QED) is 0.578. The Morgan fingerprint density at radius 1 is 1.21 bits per heavy atom. The Balaban J connectivity index is 2.06. The van der Waals surface area contributed by atoms with E-state index >= 15 is 0 Å². The first kappa shape index (κ1) is 17.0. The number of hydrazone groups is 1. The van der Waals surface area contributed by atoms with Crippen LogP contribution in [0, 0.1) is 0 Å². The third-order valence-corrected chi connectivity index (χ3v) is 3.05. The van der Waals surface area contributed by atoms with Gasteiger partial charge in [-0.2, -0.15) is 5.10 Å². The van der Waals surface area contributed by atoms with Gasteiger partial charge in [-0.3, -0.25) is 9.59 Å². The van der Waals surface area contributed by atoms with Crippen molar-refractivity contribution in [2.24, 2.45) is 5.10 Å². The summed E-state index contributed by atoms with van der Waals surface area (Å²) in [5, 5.41) is 16.1. The molecule has 2 rings (SSSR count). The number of nitrogens with zero attached hydrogens (tertiary/aromatic N) is 1. The number of rotatable bonds is 5. The van der Waals surface area contributed by atoms with E-state index in [4.69, 9.17) is 4.74 Å². The third-order valence-electron chi connectivity index (χ3n) is 3.05. The van der Waals surface area contributed by atoms with Crippen LogP contribution in [0.15, 0.2) is 47.6 Å². The van der Waals surface area contributed by atoms with Crippen LogP contribution in [-0.2, 0) is 4.79 Å². The Bertz CT molecular complexity index is 787. The molecule has 0 fully saturated rings. The summed E-state index contributed by atoms with van der Waals surface area (Å²) in [6.07, 6.45) is 1.31. The van der Waals surface area contributed by atoms with E-state index in [1.54, 1.807) is 30.3 Å². The zero-order valence-electron chi connectivity index (χ0n) is 13.2. The predicted octanol–water partition coefficient (Wildman–Crippen LogP) is 2.12. The van der Waals surface area contributed by atoms with Crippen molar-refractivity contribution in [3.63, 3.8) is 0 Å². The summed E-state index contributed by atoms with van der Waals surface area (Å²) in [5.41, 5.74) is 3.62. The molecule has 0 bridgehead atoms. The summed E-state index contributed by atoms with van der Waals surface area (Å²) < 4.78 is 5.06. The molecule has 7 nitrogen and oxygen atoms in total. The summed E-state index contributed by atoms with van der Waals surface area (Å²) in [6.45, 7) is 1.39. The van der Waals surface area contributed by atoms with Crippen LogP contribution in [0.2, 0.25) is 0 Å². The number of aromatic hydroxyl groups is 1. The maximum atomic E-state index is 12.1. The second-order valence-corrected chi connectivity index (χ2v) is 4.89. The van der Waals surface area contributed by atoms with Gasteiger partial charge in [0, 0.05) is 23.7 Å². The van der Waals surface area contributed by atoms with Crippen LogP contribution in [-0.4, -0.2) is 30.2 Å². The van der Waals surface area contributed by atoms with Crippen molar-refractivity contribution in [3.05, 3.63) is 53.6 Å². The number of hydrogen-bond acceptors (Lipinski definition) is 5. The lowest BCUT2D eigenvalue weighted by molar-refractivity contribution is -0.114. The summed E-state index contributed by atoms with van der Waals surface area (Å²) in [7, 11) is 1.51. The molecular formula is C17H17N3O4. The van der Waals surface area contributed by atoms with Gasteiger partial charge in [0.05, 0.1) is 13.3 Å². The molecule has 0 unspecified atom stereocenters. The van der Waals surface area contributed by atoms with Gasteiger partial charge in [0.1, 0.15) is 11.5 Å². The minimum Gasteiger partial charge on any atom is -0.507 e. The normalized spacial score (nSPS) is 10.4. The number of phenolic OH excluding ortho intramolecular Hbond substituents is 1. The van der Waals surface area contributed by atoms with Crippen molar-refractivity contribution in [2.75, 3.05) is 12.4 Å². The number of amides is 2. The highest BCUT2D eigenvalue weighted by Crippen LogP contribution is 2.21. The molecule has 7 heteroatoms. The number of phenols is 1. The molecule has 0 radical (unpaired) electrons. The van der Waals surface area contributed by atoms with Crippen molar-refractivity contribution in [1.29, 1.82) is 0 Å². The van der Waals surface area contributed by atoms with Gasteiger partial charge in [-0.25, -0.2) is 5.43 Å². The number of methoxy groups -OCH3 is 1. The fourth-order valence-corrected chi connectivity index (χ4v) is 1.93. The highest BCUT2D eigenvalue weighted by molar-refractivity contribution is 5.97. The van der Waals surface area contributed by atoms with E-state index in [0.717, 1.165) is 0 Å². The Morgan fingerprint density at radius 2 is 2.00 bits per heavy atom. The standard InChI is InChI=1S/C17H17N3O4/c1-11(21)19-14-5-3-4-12(8-14)17(23)20-18-10-13-9-15(24-2)6-7-16(13)22/h3-10,22H,1-2H3,(H,19,21)(H,20,23). The molecule has 0 saturated carbocycles. The van der Waals surface area contributed by atoms with E-state index in [9.17, 15) is 14.7 Å². The minimum absolute atomic E-state index is 0.0152. The predicted molar refractivity (Wildman–Crippen MR) is 90.5 cm³/mol. The van der Waals surface area contributed by atoms with E-state index < -0.39 is 5.91 Å². The molecule has 0 aromatic heterocycles. The van der Waals surface area contributed by atoms with Crippen molar-refractivity contribution >= 4 is 23.7 Å². The van der Waals surface area contributed by atoms with Crippen molar-refractivity contribution in [1.82, 2.24) is 5.43 Å². The van der Waals surface area contributed by atoms with Gasteiger partial charge in [-0.1, -0.05) is 6.07 Å². The third kappa shape index (κ3) is 4.57. The molecule has 124 valence electrons. The second kappa shape index (κ2) is 7.77. The Hall–Kier alpha value is -3.35. The van der Waals surface area contributed by atoms with Crippen LogP contribution in [0.25, 0.3) is 0 Å².